The van der Waals surface area contributed by atoms with E-state index in [0.29, 0.717) is 18.8 Å². The number of halogens is 1. The molecular weight excluding hydrogens is 157 g/mol. The SMILES string of the molecule is CCCC(F)(CN)C1=CCCO1. The molecule has 0 aromatic rings. The molecule has 1 heterocycles. The summed E-state index contributed by atoms with van der Waals surface area (Å²) in [4.78, 5) is 0. The van der Waals surface area contributed by atoms with Crippen molar-refractivity contribution in [3.05, 3.63) is 11.8 Å². The summed E-state index contributed by atoms with van der Waals surface area (Å²) < 4.78 is 19.1. The van der Waals surface area contributed by atoms with E-state index in [-0.39, 0.29) is 6.54 Å². The van der Waals surface area contributed by atoms with E-state index in [1.54, 1.807) is 0 Å². The highest BCUT2D eigenvalue weighted by Crippen LogP contribution is 2.30. The van der Waals surface area contributed by atoms with Gasteiger partial charge in [-0.2, -0.15) is 0 Å². The lowest BCUT2D eigenvalue weighted by Crippen LogP contribution is -2.35. The van der Waals surface area contributed by atoms with E-state index in [1.807, 2.05) is 13.0 Å². The van der Waals surface area contributed by atoms with E-state index >= 15 is 0 Å². The maximum Gasteiger partial charge on any atom is 0.179 e. The van der Waals surface area contributed by atoms with Gasteiger partial charge in [0, 0.05) is 13.0 Å². The highest BCUT2D eigenvalue weighted by molar-refractivity contribution is 5.14. The third-order valence-corrected chi connectivity index (χ3v) is 2.12. The maximum atomic E-state index is 13.9. The molecule has 0 spiro atoms. The third-order valence-electron chi connectivity index (χ3n) is 2.12. The van der Waals surface area contributed by atoms with E-state index in [0.717, 1.165) is 12.8 Å². The Bertz CT molecular complexity index is 181. The molecule has 70 valence electrons. The number of ether oxygens (including phenoxy) is 1. The Morgan fingerprint density at radius 2 is 2.50 bits per heavy atom. The fourth-order valence-corrected chi connectivity index (χ4v) is 1.45. The molecule has 2 nitrogen and oxygen atoms in total. The van der Waals surface area contributed by atoms with Gasteiger partial charge in [-0.05, 0) is 12.5 Å². The molecule has 1 rings (SSSR count). The van der Waals surface area contributed by atoms with Gasteiger partial charge in [0.15, 0.2) is 5.67 Å². The Kier molecular flexibility index (Phi) is 3.09. The van der Waals surface area contributed by atoms with Crippen LogP contribution in [0.5, 0.6) is 0 Å². The quantitative estimate of drug-likeness (QED) is 0.703. The summed E-state index contributed by atoms with van der Waals surface area (Å²) in [7, 11) is 0. The molecule has 1 aliphatic rings. The molecule has 0 bridgehead atoms. The van der Waals surface area contributed by atoms with Crippen LogP contribution in [0.25, 0.3) is 0 Å². The monoisotopic (exact) mass is 173 g/mol. The number of rotatable bonds is 4. The molecule has 0 aliphatic carbocycles. The van der Waals surface area contributed by atoms with Gasteiger partial charge in [0.2, 0.25) is 0 Å². The maximum absolute atomic E-state index is 13.9. The second-order valence-corrected chi connectivity index (χ2v) is 3.12. The van der Waals surface area contributed by atoms with Crippen molar-refractivity contribution in [3.8, 4) is 0 Å². The topological polar surface area (TPSA) is 35.2 Å². The van der Waals surface area contributed by atoms with Crippen LogP contribution in [0.2, 0.25) is 0 Å². The Morgan fingerprint density at radius 3 is 2.92 bits per heavy atom. The minimum absolute atomic E-state index is 0.0205. The van der Waals surface area contributed by atoms with Crippen molar-refractivity contribution in [1.29, 1.82) is 0 Å². The van der Waals surface area contributed by atoms with Gasteiger partial charge in [-0.25, -0.2) is 4.39 Å². The van der Waals surface area contributed by atoms with Gasteiger partial charge in [-0.15, -0.1) is 0 Å². The fourth-order valence-electron chi connectivity index (χ4n) is 1.45. The largest absolute Gasteiger partial charge is 0.494 e. The molecule has 0 saturated carbocycles. The lowest BCUT2D eigenvalue weighted by Gasteiger charge is -2.23. The minimum Gasteiger partial charge on any atom is -0.494 e. The van der Waals surface area contributed by atoms with Gasteiger partial charge >= 0.3 is 0 Å². The van der Waals surface area contributed by atoms with Crippen molar-refractivity contribution < 1.29 is 9.13 Å². The molecule has 2 N–H and O–H groups in total. The smallest absolute Gasteiger partial charge is 0.179 e. The number of hydrogen-bond donors (Lipinski definition) is 1. The van der Waals surface area contributed by atoms with E-state index in [1.165, 1.54) is 0 Å². The predicted molar refractivity (Wildman–Crippen MR) is 46.5 cm³/mol. The van der Waals surface area contributed by atoms with Crippen LogP contribution in [0.15, 0.2) is 11.8 Å². The summed E-state index contributed by atoms with van der Waals surface area (Å²) in [6, 6.07) is 0. The third kappa shape index (κ3) is 1.78. The van der Waals surface area contributed by atoms with E-state index in [4.69, 9.17) is 10.5 Å². The van der Waals surface area contributed by atoms with E-state index in [9.17, 15) is 4.39 Å². The molecule has 0 amide bonds. The highest BCUT2D eigenvalue weighted by Gasteiger charge is 2.34. The molecule has 0 aromatic carbocycles. The molecule has 1 aliphatic heterocycles. The first-order valence-electron chi connectivity index (χ1n) is 4.45. The van der Waals surface area contributed by atoms with Gasteiger partial charge in [0.1, 0.15) is 5.76 Å². The van der Waals surface area contributed by atoms with Crippen LogP contribution in [-0.4, -0.2) is 18.8 Å². The van der Waals surface area contributed by atoms with Crippen molar-refractivity contribution in [1.82, 2.24) is 0 Å². The van der Waals surface area contributed by atoms with Gasteiger partial charge in [0.05, 0.1) is 6.61 Å². The normalized spacial score (nSPS) is 21.4. The standard InChI is InChI=1S/C9H16FNO/c1-2-5-9(10,7-11)8-4-3-6-12-8/h4H,2-3,5-7,11H2,1H3. The minimum atomic E-state index is -1.41. The molecule has 0 aromatic heterocycles. The van der Waals surface area contributed by atoms with Crippen LogP contribution in [0.4, 0.5) is 4.39 Å². The second kappa shape index (κ2) is 3.90. The highest BCUT2D eigenvalue weighted by atomic mass is 19.1. The lowest BCUT2D eigenvalue weighted by atomic mass is 9.98. The van der Waals surface area contributed by atoms with Crippen LogP contribution >= 0.6 is 0 Å². The zero-order valence-corrected chi connectivity index (χ0v) is 7.48. The average molecular weight is 173 g/mol. The fraction of sp³-hybridized carbons (Fsp3) is 0.778. The van der Waals surface area contributed by atoms with E-state index in [2.05, 4.69) is 0 Å². The van der Waals surface area contributed by atoms with Crippen LogP contribution in [0, 0.1) is 0 Å². The van der Waals surface area contributed by atoms with Gasteiger partial charge in [0.25, 0.3) is 0 Å². The number of alkyl halides is 1. The summed E-state index contributed by atoms with van der Waals surface area (Å²) in [5, 5.41) is 0. The van der Waals surface area contributed by atoms with Crippen molar-refractivity contribution in [2.75, 3.05) is 13.2 Å². The first-order chi connectivity index (χ1) is 5.73. The average Bonchev–Trinajstić information content (AvgIpc) is 2.57. The zero-order chi connectivity index (χ0) is 9.03. The van der Waals surface area contributed by atoms with Crippen LogP contribution in [0.1, 0.15) is 26.2 Å². The molecule has 0 radical (unpaired) electrons. The van der Waals surface area contributed by atoms with Crippen LogP contribution < -0.4 is 5.73 Å². The molecular formula is C9H16FNO. The Labute approximate surface area is 72.6 Å². The van der Waals surface area contributed by atoms with Gasteiger partial charge in [-0.1, -0.05) is 13.3 Å². The van der Waals surface area contributed by atoms with Gasteiger partial charge in [-0.3, -0.25) is 0 Å². The van der Waals surface area contributed by atoms with Crippen molar-refractivity contribution in [2.45, 2.75) is 31.9 Å². The summed E-state index contributed by atoms with van der Waals surface area (Å²) in [6.45, 7) is 2.57. The summed E-state index contributed by atoms with van der Waals surface area (Å²) in [6.07, 6.45) is 3.86. The summed E-state index contributed by atoms with van der Waals surface area (Å²) in [5.41, 5.74) is 3.97. The molecule has 0 fully saturated rings. The molecule has 12 heavy (non-hydrogen) atoms. The van der Waals surface area contributed by atoms with E-state index < -0.39 is 5.67 Å². The molecule has 1 unspecified atom stereocenters. The Morgan fingerprint density at radius 1 is 1.75 bits per heavy atom. The second-order valence-electron chi connectivity index (χ2n) is 3.12. The summed E-state index contributed by atoms with van der Waals surface area (Å²) >= 11 is 0. The van der Waals surface area contributed by atoms with Crippen LogP contribution in [-0.2, 0) is 4.74 Å². The van der Waals surface area contributed by atoms with Crippen molar-refractivity contribution in [3.63, 3.8) is 0 Å². The Balaban J connectivity index is 2.64. The van der Waals surface area contributed by atoms with Crippen molar-refractivity contribution in [2.24, 2.45) is 5.73 Å². The molecule has 1 atom stereocenters. The molecule has 3 heteroatoms. The van der Waals surface area contributed by atoms with Crippen LogP contribution in [0.3, 0.4) is 0 Å². The Hall–Kier alpha value is -0.570. The first-order valence-corrected chi connectivity index (χ1v) is 4.45. The number of nitrogens with two attached hydrogens (primary N) is 1. The zero-order valence-electron chi connectivity index (χ0n) is 7.48. The molecule has 0 saturated heterocycles. The number of hydrogen-bond acceptors (Lipinski definition) is 2. The lowest BCUT2D eigenvalue weighted by molar-refractivity contribution is 0.0994. The first kappa shape index (κ1) is 9.52. The van der Waals surface area contributed by atoms with Gasteiger partial charge < -0.3 is 10.5 Å². The predicted octanol–water partition coefficient (Wildman–Crippen LogP) is 1.76. The van der Waals surface area contributed by atoms with Crippen molar-refractivity contribution >= 4 is 0 Å². The summed E-state index contributed by atoms with van der Waals surface area (Å²) in [5.74, 6) is 0.451.